The lowest BCUT2D eigenvalue weighted by Gasteiger charge is -2.30. The second-order valence-electron chi connectivity index (χ2n) is 5.45. The number of aromatic nitrogens is 1. The van der Waals surface area contributed by atoms with Crippen LogP contribution in [-0.2, 0) is 6.54 Å². The molecule has 0 aliphatic carbocycles. The minimum atomic E-state index is -0.432. The molecule has 114 valence electrons. The van der Waals surface area contributed by atoms with Crippen molar-refractivity contribution in [3.8, 4) is 0 Å². The maximum atomic E-state index is 11.4. The maximum Gasteiger partial charge on any atom is 0.287 e. The first-order valence-electron chi connectivity index (χ1n) is 7.22. The Labute approximate surface area is 120 Å². The SMILES string of the molecule is CCC(CC)N(Cc1cc(C(=O)NN)no1)CC(C)C. The smallest absolute Gasteiger partial charge is 0.287 e. The highest BCUT2D eigenvalue weighted by atomic mass is 16.5. The van der Waals surface area contributed by atoms with Gasteiger partial charge in [-0.15, -0.1) is 0 Å². The quantitative estimate of drug-likeness (QED) is 0.432. The number of nitrogens with two attached hydrogens (primary N) is 1. The van der Waals surface area contributed by atoms with Gasteiger partial charge in [0.15, 0.2) is 11.5 Å². The van der Waals surface area contributed by atoms with Gasteiger partial charge in [-0.1, -0.05) is 32.9 Å². The van der Waals surface area contributed by atoms with E-state index >= 15 is 0 Å². The van der Waals surface area contributed by atoms with Crippen molar-refractivity contribution in [2.24, 2.45) is 11.8 Å². The first kappa shape index (κ1) is 16.7. The molecule has 3 N–H and O–H groups in total. The molecular formula is C14H26N4O2. The van der Waals surface area contributed by atoms with E-state index in [1.54, 1.807) is 6.07 Å². The summed E-state index contributed by atoms with van der Waals surface area (Å²) < 4.78 is 5.23. The number of rotatable bonds is 8. The number of nitrogens with zero attached hydrogens (tertiary/aromatic N) is 2. The number of nitrogens with one attached hydrogen (secondary N) is 1. The van der Waals surface area contributed by atoms with Gasteiger partial charge in [-0.3, -0.25) is 15.1 Å². The van der Waals surface area contributed by atoms with Gasteiger partial charge in [0.25, 0.3) is 5.91 Å². The first-order valence-corrected chi connectivity index (χ1v) is 7.22. The molecule has 0 aliphatic heterocycles. The molecule has 0 fully saturated rings. The summed E-state index contributed by atoms with van der Waals surface area (Å²) in [6.07, 6.45) is 2.18. The summed E-state index contributed by atoms with van der Waals surface area (Å²) in [6, 6.07) is 2.16. The summed E-state index contributed by atoms with van der Waals surface area (Å²) in [5.74, 6) is 5.91. The highest BCUT2D eigenvalue weighted by molar-refractivity contribution is 5.91. The molecule has 0 atom stereocenters. The second kappa shape index (κ2) is 8.01. The lowest BCUT2D eigenvalue weighted by atomic mass is 10.1. The number of hydrogen-bond donors (Lipinski definition) is 2. The van der Waals surface area contributed by atoms with Crippen molar-refractivity contribution in [3.05, 3.63) is 17.5 Å². The number of carbonyl (C=O) groups excluding carboxylic acids is 1. The van der Waals surface area contributed by atoms with Crippen LogP contribution in [0.5, 0.6) is 0 Å². The molecule has 1 amide bonds. The van der Waals surface area contributed by atoms with Crippen molar-refractivity contribution < 1.29 is 9.32 Å². The molecule has 0 saturated carbocycles. The van der Waals surface area contributed by atoms with Crippen LogP contribution in [0.3, 0.4) is 0 Å². The Kier molecular flexibility index (Phi) is 6.67. The summed E-state index contributed by atoms with van der Waals surface area (Å²) in [5, 5.41) is 3.74. The van der Waals surface area contributed by atoms with Crippen LogP contribution in [0.4, 0.5) is 0 Å². The highest BCUT2D eigenvalue weighted by Crippen LogP contribution is 2.16. The Hall–Kier alpha value is -1.40. The van der Waals surface area contributed by atoms with Gasteiger partial charge in [0.1, 0.15) is 0 Å². The normalized spacial score (nSPS) is 11.6. The van der Waals surface area contributed by atoms with E-state index in [-0.39, 0.29) is 5.69 Å². The predicted octanol–water partition coefficient (Wildman–Crippen LogP) is 1.92. The van der Waals surface area contributed by atoms with Gasteiger partial charge >= 0.3 is 0 Å². The molecule has 0 bridgehead atoms. The van der Waals surface area contributed by atoms with Gasteiger partial charge in [-0.25, -0.2) is 5.84 Å². The molecule has 6 nitrogen and oxygen atoms in total. The third-order valence-electron chi connectivity index (χ3n) is 3.34. The molecule has 20 heavy (non-hydrogen) atoms. The van der Waals surface area contributed by atoms with Crippen LogP contribution < -0.4 is 11.3 Å². The molecule has 6 heteroatoms. The van der Waals surface area contributed by atoms with Crippen molar-refractivity contribution in [2.75, 3.05) is 6.54 Å². The Balaban J connectivity index is 2.78. The molecule has 0 aliphatic rings. The van der Waals surface area contributed by atoms with E-state index in [1.807, 2.05) is 0 Å². The van der Waals surface area contributed by atoms with Crippen molar-refractivity contribution in [1.82, 2.24) is 15.5 Å². The van der Waals surface area contributed by atoms with Crippen LogP contribution in [0.1, 0.15) is 56.8 Å². The molecular weight excluding hydrogens is 256 g/mol. The van der Waals surface area contributed by atoms with E-state index in [0.29, 0.717) is 24.3 Å². The highest BCUT2D eigenvalue weighted by Gasteiger charge is 2.19. The predicted molar refractivity (Wildman–Crippen MR) is 77.8 cm³/mol. The third-order valence-corrected chi connectivity index (χ3v) is 3.34. The van der Waals surface area contributed by atoms with Gasteiger partial charge < -0.3 is 4.52 Å². The van der Waals surface area contributed by atoms with Crippen LogP contribution >= 0.6 is 0 Å². The molecule has 1 rings (SSSR count). The number of nitrogen functional groups attached to an aromatic ring is 1. The van der Waals surface area contributed by atoms with Gasteiger partial charge in [0.2, 0.25) is 0 Å². The van der Waals surface area contributed by atoms with E-state index in [0.717, 1.165) is 19.4 Å². The van der Waals surface area contributed by atoms with Crippen LogP contribution in [0.2, 0.25) is 0 Å². The van der Waals surface area contributed by atoms with Crippen LogP contribution in [-0.4, -0.2) is 28.6 Å². The average Bonchev–Trinajstić information content (AvgIpc) is 2.87. The summed E-state index contributed by atoms with van der Waals surface area (Å²) in [5.41, 5.74) is 2.27. The Morgan fingerprint density at radius 3 is 2.60 bits per heavy atom. The molecule has 0 spiro atoms. The van der Waals surface area contributed by atoms with Gasteiger partial charge in [0.05, 0.1) is 6.54 Å². The molecule has 0 unspecified atom stereocenters. The fraction of sp³-hybridized carbons (Fsp3) is 0.714. The Morgan fingerprint density at radius 2 is 2.10 bits per heavy atom. The first-order chi connectivity index (χ1) is 9.51. The van der Waals surface area contributed by atoms with Gasteiger partial charge in [-0.05, 0) is 18.8 Å². The van der Waals surface area contributed by atoms with Gasteiger partial charge in [0, 0.05) is 18.7 Å². The van der Waals surface area contributed by atoms with E-state index in [9.17, 15) is 4.79 Å². The van der Waals surface area contributed by atoms with Crippen LogP contribution in [0.15, 0.2) is 10.6 Å². The third kappa shape index (κ3) is 4.61. The summed E-state index contributed by atoms with van der Waals surface area (Å²) in [7, 11) is 0. The average molecular weight is 282 g/mol. The molecule has 0 saturated heterocycles. The standard InChI is InChI=1S/C14H26N4O2/c1-5-11(6-2)18(8-10(3)4)9-12-7-13(17-20-12)14(19)16-15/h7,10-11H,5-6,8-9,15H2,1-4H3,(H,16,19). The lowest BCUT2D eigenvalue weighted by molar-refractivity contribution is 0.0944. The largest absolute Gasteiger partial charge is 0.359 e. The van der Waals surface area contributed by atoms with Crippen molar-refractivity contribution >= 4 is 5.91 Å². The zero-order valence-corrected chi connectivity index (χ0v) is 12.8. The van der Waals surface area contributed by atoms with Crippen molar-refractivity contribution in [3.63, 3.8) is 0 Å². The number of amides is 1. The second-order valence-corrected chi connectivity index (χ2v) is 5.45. The lowest BCUT2D eigenvalue weighted by Crippen LogP contribution is -2.36. The fourth-order valence-electron chi connectivity index (χ4n) is 2.39. The Morgan fingerprint density at radius 1 is 1.45 bits per heavy atom. The van der Waals surface area contributed by atoms with Crippen LogP contribution in [0, 0.1) is 5.92 Å². The zero-order chi connectivity index (χ0) is 15.1. The molecule has 0 radical (unpaired) electrons. The number of hydrazine groups is 1. The van der Waals surface area contributed by atoms with Crippen LogP contribution in [0.25, 0.3) is 0 Å². The minimum Gasteiger partial charge on any atom is -0.359 e. The number of hydrogen-bond acceptors (Lipinski definition) is 5. The van der Waals surface area contributed by atoms with E-state index in [1.165, 1.54) is 0 Å². The van der Waals surface area contributed by atoms with Crippen molar-refractivity contribution in [2.45, 2.75) is 53.1 Å². The van der Waals surface area contributed by atoms with Gasteiger partial charge in [-0.2, -0.15) is 0 Å². The Bertz CT molecular complexity index is 413. The topological polar surface area (TPSA) is 84.4 Å². The molecule has 1 aromatic rings. The van der Waals surface area contributed by atoms with E-state index < -0.39 is 5.91 Å². The fourth-order valence-corrected chi connectivity index (χ4v) is 2.39. The summed E-state index contributed by atoms with van der Waals surface area (Å²) in [4.78, 5) is 13.7. The molecule has 1 aromatic heterocycles. The summed E-state index contributed by atoms with van der Waals surface area (Å²) >= 11 is 0. The van der Waals surface area contributed by atoms with E-state index in [4.69, 9.17) is 10.4 Å². The van der Waals surface area contributed by atoms with Crippen molar-refractivity contribution in [1.29, 1.82) is 0 Å². The maximum absolute atomic E-state index is 11.4. The number of carbonyl (C=O) groups is 1. The summed E-state index contributed by atoms with van der Waals surface area (Å²) in [6.45, 7) is 10.4. The molecule has 0 aromatic carbocycles. The van der Waals surface area contributed by atoms with E-state index in [2.05, 4.69) is 43.2 Å². The monoisotopic (exact) mass is 282 g/mol. The zero-order valence-electron chi connectivity index (χ0n) is 12.8. The minimum absolute atomic E-state index is 0.219. The molecule has 1 heterocycles.